The highest BCUT2D eigenvalue weighted by atomic mass is 16.5. The summed E-state index contributed by atoms with van der Waals surface area (Å²) in [6, 6.07) is 0. The Morgan fingerprint density at radius 1 is 1.78 bits per heavy atom. The van der Waals surface area contributed by atoms with E-state index in [-0.39, 0.29) is 0 Å². The first-order valence-electron chi connectivity index (χ1n) is 2.59. The second kappa shape index (κ2) is 2.35. The number of allylic oxidation sites excluding steroid dienone is 2. The average Bonchev–Trinajstić information content (AvgIpc) is 1.90. The van der Waals surface area contributed by atoms with Crippen LogP contribution in [0.15, 0.2) is 23.8 Å². The molecule has 0 aromatic heterocycles. The molecule has 0 bridgehead atoms. The van der Waals surface area contributed by atoms with Crippen LogP contribution in [-0.4, -0.2) is 6.29 Å². The van der Waals surface area contributed by atoms with E-state index in [1.807, 2.05) is 0 Å². The number of carbonyl (C=O) groups excluding carboxylic acids is 1. The van der Waals surface area contributed by atoms with Gasteiger partial charge in [0.15, 0.2) is 5.88 Å². The van der Waals surface area contributed by atoms with Gasteiger partial charge in [0.05, 0.1) is 6.26 Å². The molecule has 9 heavy (non-hydrogen) atoms. The maximum Gasteiger partial charge on any atom is 0.186 e. The summed E-state index contributed by atoms with van der Waals surface area (Å²) in [7, 11) is 0. The highest BCUT2D eigenvalue weighted by molar-refractivity contribution is 5.73. The molecule has 0 saturated carbocycles. The quantitative estimate of drug-likeness (QED) is 0.512. The molecule has 0 aromatic rings. The Morgan fingerprint density at radius 3 is 3.00 bits per heavy atom. The zero-order chi connectivity index (χ0) is 6.69. The number of nitrogens with two attached hydrogens (primary N) is 1. The third-order valence-corrected chi connectivity index (χ3v) is 1.04. The van der Waals surface area contributed by atoms with Crippen LogP contribution in [0.2, 0.25) is 0 Å². The van der Waals surface area contributed by atoms with Crippen LogP contribution in [0.5, 0.6) is 0 Å². The van der Waals surface area contributed by atoms with Gasteiger partial charge in [0.1, 0.15) is 6.29 Å². The Bertz CT molecular complexity index is 181. The Labute approximate surface area is 52.8 Å². The molecule has 0 atom stereocenters. The van der Waals surface area contributed by atoms with E-state index in [4.69, 9.17) is 10.5 Å². The van der Waals surface area contributed by atoms with Crippen molar-refractivity contribution in [2.24, 2.45) is 5.73 Å². The first-order valence-corrected chi connectivity index (χ1v) is 2.59. The van der Waals surface area contributed by atoms with Crippen molar-refractivity contribution in [1.82, 2.24) is 0 Å². The van der Waals surface area contributed by atoms with Gasteiger partial charge >= 0.3 is 0 Å². The Kier molecular flexibility index (Phi) is 1.53. The van der Waals surface area contributed by atoms with Crippen molar-refractivity contribution in [3.05, 3.63) is 23.8 Å². The van der Waals surface area contributed by atoms with Crippen LogP contribution in [0, 0.1) is 0 Å². The highest BCUT2D eigenvalue weighted by Crippen LogP contribution is 2.08. The van der Waals surface area contributed by atoms with Crippen molar-refractivity contribution in [2.75, 3.05) is 0 Å². The number of ether oxygens (including phenoxy) is 1. The molecule has 0 aliphatic carbocycles. The van der Waals surface area contributed by atoms with E-state index in [0.29, 0.717) is 17.9 Å². The second-order valence-corrected chi connectivity index (χ2v) is 1.74. The molecule has 0 radical (unpaired) electrons. The van der Waals surface area contributed by atoms with Crippen molar-refractivity contribution in [3.8, 4) is 0 Å². The van der Waals surface area contributed by atoms with Gasteiger partial charge in [-0.1, -0.05) is 0 Å². The van der Waals surface area contributed by atoms with Gasteiger partial charge in [-0.3, -0.25) is 4.79 Å². The van der Waals surface area contributed by atoms with Crippen molar-refractivity contribution < 1.29 is 9.53 Å². The van der Waals surface area contributed by atoms with E-state index in [1.54, 1.807) is 6.08 Å². The van der Waals surface area contributed by atoms with Crippen molar-refractivity contribution in [1.29, 1.82) is 0 Å². The van der Waals surface area contributed by atoms with Crippen molar-refractivity contribution in [3.63, 3.8) is 0 Å². The molecule has 1 rings (SSSR count). The van der Waals surface area contributed by atoms with Crippen molar-refractivity contribution in [2.45, 2.75) is 6.42 Å². The fraction of sp³-hybridized carbons (Fsp3) is 0.167. The summed E-state index contributed by atoms with van der Waals surface area (Å²) in [4.78, 5) is 10.0. The number of hydrogen-bond acceptors (Lipinski definition) is 3. The Morgan fingerprint density at radius 2 is 2.56 bits per heavy atom. The summed E-state index contributed by atoms with van der Waals surface area (Å²) < 4.78 is 4.73. The lowest BCUT2D eigenvalue weighted by Gasteiger charge is -2.05. The van der Waals surface area contributed by atoms with Crippen LogP contribution in [0.3, 0.4) is 0 Å². The summed E-state index contributed by atoms with van der Waals surface area (Å²) in [5.74, 6) is 0.362. The summed E-state index contributed by atoms with van der Waals surface area (Å²) in [5.41, 5.74) is 5.85. The number of carbonyl (C=O) groups is 1. The predicted molar refractivity (Wildman–Crippen MR) is 32.1 cm³/mol. The molecule has 1 heterocycles. The largest absolute Gasteiger partial charge is 0.449 e. The molecule has 3 heteroatoms. The van der Waals surface area contributed by atoms with Crippen LogP contribution >= 0.6 is 0 Å². The van der Waals surface area contributed by atoms with Crippen LogP contribution in [0.1, 0.15) is 6.42 Å². The summed E-state index contributed by atoms with van der Waals surface area (Å²) in [6.45, 7) is 0. The Balaban J connectivity index is 2.58. The van der Waals surface area contributed by atoms with E-state index in [9.17, 15) is 4.79 Å². The SMILES string of the molecule is NC1=CCC(C=O)=CO1. The standard InChI is InChI=1S/C6H7NO2/c7-6-2-1-5(3-8)4-9-6/h2-4H,1,7H2. The van der Waals surface area contributed by atoms with Crippen LogP contribution in [-0.2, 0) is 9.53 Å². The fourth-order valence-electron chi connectivity index (χ4n) is 0.534. The van der Waals surface area contributed by atoms with Gasteiger partial charge in [0, 0.05) is 12.0 Å². The van der Waals surface area contributed by atoms with Crippen molar-refractivity contribution >= 4 is 6.29 Å². The maximum atomic E-state index is 10.0. The molecule has 3 nitrogen and oxygen atoms in total. The van der Waals surface area contributed by atoms with E-state index >= 15 is 0 Å². The molecule has 2 N–H and O–H groups in total. The van der Waals surface area contributed by atoms with E-state index in [2.05, 4.69) is 0 Å². The lowest BCUT2D eigenvalue weighted by molar-refractivity contribution is -0.105. The Hall–Kier alpha value is -1.25. The first-order chi connectivity index (χ1) is 4.33. The zero-order valence-electron chi connectivity index (χ0n) is 4.83. The lowest BCUT2D eigenvalue weighted by atomic mass is 10.2. The van der Waals surface area contributed by atoms with Crippen LogP contribution < -0.4 is 5.73 Å². The minimum absolute atomic E-state index is 0.362. The zero-order valence-corrected chi connectivity index (χ0v) is 4.83. The number of hydrogen-bond donors (Lipinski definition) is 1. The van der Waals surface area contributed by atoms with Gasteiger partial charge in [-0.25, -0.2) is 0 Å². The van der Waals surface area contributed by atoms with Crippen LogP contribution in [0.4, 0.5) is 0 Å². The fourth-order valence-corrected chi connectivity index (χ4v) is 0.534. The lowest BCUT2D eigenvalue weighted by Crippen LogP contribution is -2.03. The normalized spacial score (nSPS) is 17.3. The van der Waals surface area contributed by atoms with E-state index in [0.717, 1.165) is 6.29 Å². The molecule has 1 aliphatic heterocycles. The maximum absolute atomic E-state index is 10.0. The minimum atomic E-state index is 0.362. The van der Waals surface area contributed by atoms with Gasteiger partial charge < -0.3 is 10.5 Å². The molecule has 0 saturated heterocycles. The van der Waals surface area contributed by atoms with Gasteiger partial charge in [0.25, 0.3) is 0 Å². The third kappa shape index (κ3) is 1.32. The molecule has 0 amide bonds. The van der Waals surface area contributed by atoms with Gasteiger partial charge in [0.2, 0.25) is 0 Å². The molecule has 0 spiro atoms. The van der Waals surface area contributed by atoms with E-state index in [1.165, 1.54) is 6.26 Å². The van der Waals surface area contributed by atoms with Crippen LogP contribution in [0.25, 0.3) is 0 Å². The van der Waals surface area contributed by atoms with Gasteiger partial charge in [-0.2, -0.15) is 0 Å². The minimum Gasteiger partial charge on any atom is -0.449 e. The molecule has 1 aliphatic rings. The molecule has 0 aromatic carbocycles. The second-order valence-electron chi connectivity index (χ2n) is 1.74. The molecular weight excluding hydrogens is 118 g/mol. The number of aldehydes is 1. The summed E-state index contributed by atoms with van der Waals surface area (Å²) >= 11 is 0. The summed E-state index contributed by atoms with van der Waals surface area (Å²) in [5, 5.41) is 0. The number of rotatable bonds is 1. The highest BCUT2D eigenvalue weighted by Gasteiger charge is 2.00. The van der Waals surface area contributed by atoms with Gasteiger partial charge in [-0.15, -0.1) is 0 Å². The predicted octanol–water partition coefficient (Wildman–Crippen LogP) is 0.290. The molecule has 48 valence electrons. The molecular formula is C6H7NO2. The van der Waals surface area contributed by atoms with Gasteiger partial charge in [-0.05, 0) is 6.08 Å². The third-order valence-electron chi connectivity index (χ3n) is 1.04. The molecule has 0 unspecified atom stereocenters. The monoisotopic (exact) mass is 125 g/mol. The first kappa shape index (κ1) is 5.88. The average molecular weight is 125 g/mol. The molecule has 0 fully saturated rings. The van der Waals surface area contributed by atoms with E-state index < -0.39 is 0 Å². The topological polar surface area (TPSA) is 52.3 Å². The smallest absolute Gasteiger partial charge is 0.186 e. The summed E-state index contributed by atoms with van der Waals surface area (Å²) in [6.07, 6.45) is 4.35.